The predicted molar refractivity (Wildman–Crippen MR) is 77.1 cm³/mol. The SMILES string of the molecule is CCCCC1C(=O)NN(c2ccccc2)C1=O.O=[P+](O)O. The van der Waals surface area contributed by atoms with E-state index in [1.807, 2.05) is 25.1 Å². The third kappa shape index (κ3) is 5.23. The maximum Gasteiger partial charge on any atom is 0.692 e. The molecule has 1 unspecified atom stereocenters. The molecule has 8 heteroatoms. The van der Waals surface area contributed by atoms with Crippen LogP contribution < -0.4 is 10.4 Å². The number of anilines is 1. The minimum absolute atomic E-state index is 0.144. The smallest absolute Gasteiger partial charge is 0.272 e. The topological polar surface area (TPSA) is 107 Å². The van der Waals surface area contributed by atoms with Crippen molar-refractivity contribution < 1.29 is 23.9 Å². The lowest BCUT2D eigenvalue weighted by Crippen LogP contribution is -2.35. The number of nitrogens with zero attached hydrogens (tertiary/aromatic N) is 1. The molecule has 3 N–H and O–H groups in total. The molecule has 1 aromatic rings. The molecule has 1 atom stereocenters. The van der Waals surface area contributed by atoms with E-state index in [0.717, 1.165) is 12.8 Å². The van der Waals surface area contributed by atoms with Gasteiger partial charge in [-0.15, -0.1) is 9.79 Å². The van der Waals surface area contributed by atoms with Gasteiger partial charge in [0.15, 0.2) is 0 Å². The number of carbonyl (C=O) groups is 2. The Morgan fingerprint density at radius 3 is 2.33 bits per heavy atom. The van der Waals surface area contributed by atoms with Crippen LogP contribution in [0.2, 0.25) is 0 Å². The third-order valence-corrected chi connectivity index (χ3v) is 2.92. The number of hydrazine groups is 1. The van der Waals surface area contributed by atoms with Gasteiger partial charge in [-0.1, -0.05) is 38.0 Å². The van der Waals surface area contributed by atoms with Crippen LogP contribution in [-0.4, -0.2) is 21.6 Å². The molecule has 0 bridgehead atoms. The zero-order chi connectivity index (χ0) is 15.8. The van der Waals surface area contributed by atoms with E-state index < -0.39 is 14.2 Å². The Labute approximate surface area is 123 Å². The van der Waals surface area contributed by atoms with Crippen molar-refractivity contribution in [1.82, 2.24) is 5.43 Å². The van der Waals surface area contributed by atoms with Crippen molar-refractivity contribution in [1.29, 1.82) is 0 Å². The van der Waals surface area contributed by atoms with Crippen molar-refractivity contribution in [2.45, 2.75) is 26.2 Å². The first kappa shape index (κ1) is 17.2. The highest BCUT2D eigenvalue weighted by Gasteiger charge is 2.39. The summed E-state index contributed by atoms with van der Waals surface area (Å²) in [6, 6.07) is 9.17. The largest absolute Gasteiger partial charge is 0.692 e. The fourth-order valence-electron chi connectivity index (χ4n) is 1.94. The number of amides is 2. The van der Waals surface area contributed by atoms with Crippen LogP contribution in [0, 0.1) is 5.92 Å². The van der Waals surface area contributed by atoms with Crippen molar-refractivity contribution in [3.8, 4) is 0 Å². The molecule has 21 heavy (non-hydrogen) atoms. The molecule has 1 aliphatic heterocycles. The first-order valence-electron chi connectivity index (χ1n) is 6.52. The monoisotopic (exact) mass is 313 g/mol. The number of benzene rings is 1. The Bertz CT molecular complexity index is 505. The van der Waals surface area contributed by atoms with Crippen LogP contribution in [0.15, 0.2) is 30.3 Å². The molecule has 2 rings (SSSR count). The van der Waals surface area contributed by atoms with Crippen LogP contribution in [0.5, 0.6) is 0 Å². The first-order valence-corrected chi connectivity index (χ1v) is 7.68. The first-order chi connectivity index (χ1) is 9.97. The van der Waals surface area contributed by atoms with E-state index in [0.29, 0.717) is 12.1 Å². The summed E-state index contributed by atoms with van der Waals surface area (Å²) in [5.41, 5.74) is 3.34. The van der Waals surface area contributed by atoms with Crippen molar-refractivity contribution in [3.63, 3.8) is 0 Å². The zero-order valence-electron chi connectivity index (χ0n) is 11.6. The highest BCUT2D eigenvalue weighted by molar-refractivity contribution is 7.30. The van der Waals surface area contributed by atoms with Gasteiger partial charge in [-0.2, -0.15) is 0 Å². The predicted octanol–water partition coefficient (Wildman–Crippen LogP) is 1.50. The van der Waals surface area contributed by atoms with Gasteiger partial charge in [0.2, 0.25) is 0 Å². The number of nitrogens with one attached hydrogen (secondary N) is 1. The lowest BCUT2D eigenvalue weighted by Gasteiger charge is -2.14. The Hall–Kier alpha value is -1.82. The molecular formula is C13H18N2O5P+. The second kappa shape index (κ2) is 8.46. The molecule has 1 heterocycles. The van der Waals surface area contributed by atoms with Crippen LogP contribution in [0.25, 0.3) is 0 Å². The molecular weight excluding hydrogens is 295 g/mol. The van der Waals surface area contributed by atoms with Crippen LogP contribution >= 0.6 is 8.25 Å². The van der Waals surface area contributed by atoms with Gasteiger partial charge in [0.1, 0.15) is 5.92 Å². The summed E-state index contributed by atoms with van der Waals surface area (Å²) in [6.07, 6.45) is 2.51. The van der Waals surface area contributed by atoms with E-state index in [9.17, 15) is 9.59 Å². The highest BCUT2D eigenvalue weighted by atomic mass is 31.1. The van der Waals surface area contributed by atoms with Gasteiger partial charge >= 0.3 is 8.25 Å². The second-order valence-electron chi connectivity index (χ2n) is 4.43. The van der Waals surface area contributed by atoms with Crippen LogP contribution in [0.3, 0.4) is 0 Å². The minimum Gasteiger partial charge on any atom is -0.272 e. The van der Waals surface area contributed by atoms with Gasteiger partial charge in [-0.25, -0.2) is 5.01 Å². The Morgan fingerprint density at radius 2 is 1.81 bits per heavy atom. The number of hydrogen-bond donors (Lipinski definition) is 3. The van der Waals surface area contributed by atoms with E-state index in [1.165, 1.54) is 5.01 Å². The van der Waals surface area contributed by atoms with E-state index in [-0.39, 0.29) is 11.8 Å². The number of para-hydroxylation sites is 1. The normalized spacial score (nSPS) is 17.1. The summed E-state index contributed by atoms with van der Waals surface area (Å²) in [4.78, 5) is 38.0. The zero-order valence-corrected chi connectivity index (χ0v) is 12.5. The lowest BCUT2D eigenvalue weighted by molar-refractivity contribution is -0.127. The highest BCUT2D eigenvalue weighted by Crippen LogP contribution is 2.22. The van der Waals surface area contributed by atoms with Crippen molar-refractivity contribution in [3.05, 3.63) is 30.3 Å². The molecule has 0 aromatic heterocycles. The molecule has 1 saturated heterocycles. The Kier molecular flexibility index (Phi) is 6.94. The van der Waals surface area contributed by atoms with E-state index in [2.05, 4.69) is 5.43 Å². The van der Waals surface area contributed by atoms with Gasteiger partial charge in [0.25, 0.3) is 11.8 Å². The molecule has 1 aromatic carbocycles. The maximum absolute atomic E-state index is 12.1. The average Bonchev–Trinajstić information content (AvgIpc) is 2.72. The third-order valence-electron chi connectivity index (χ3n) is 2.92. The van der Waals surface area contributed by atoms with Gasteiger partial charge in [-0.3, -0.25) is 15.0 Å². The van der Waals surface area contributed by atoms with E-state index in [4.69, 9.17) is 14.4 Å². The number of unbranched alkanes of at least 4 members (excludes halogenated alkanes) is 1. The summed E-state index contributed by atoms with van der Waals surface area (Å²) in [7, 11) is -2.87. The van der Waals surface area contributed by atoms with E-state index in [1.54, 1.807) is 12.1 Å². The fourth-order valence-corrected chi connectivity index (χ4v) is 1.94. The minimum atomic E-state index is -2.87. The Balaban J connectivity index is 0.000000491. The molecule has 1 aliphatic rings. The molecule has 0 aliphatic carbocycles. The molecule has 114 valence electrons. The summed E-state index contributed by atoms with van der Waals surface area (Å²) >= 11 is 0. The standard InChI is InChI=1S/C13H16N2O2.HO3P/c1-2-3-9-11-12(16)14-15(13(11)17)10-7-5-4-6-8-10;1-4(2)3/h4-8,11H,2-3,9H2,1H3,(H,14,16);(H-,1,2,3)/p+1. The van der Waals surface area contributed by atoms with Gasteiger partial charge < -0.3 is 0 Å². The van der Waals surface area contributed by atoms with E-state index >= 15 is 0 Å². The summed E-state index contributed by atoms with van der Waals surface area (Å²) in [5.74, 6) is -0.850. The summed E-state index contributed by atoms with van der Waals surface area (Å²) < 4.78 is 8.70. The lowest BCUT2D eigenvalue weighted by atomic mass is 10.0. The molecule has 2 amide bonds. The molecule has 0 spiro atoms. The van der Waals surface area contributed by atoms with Crippen LogP contribution in [0.4, 0.5) is 5.69 Å². The average molecular weight is 313 g/mol. The number of hydrogen-bond acceptors (Lipinski definition) is 3. The summed E-state index contributed by atoms with van der Waals surface area (Å²) in [6.45, 7) is 2.05. The summed E-state index contributed by atoms with van der Waals surface area (Å²) in [5, 5.41) is 1.35. The van der Waals surface area contributed by atoms with Crippen molar-refractivity contribution >= 4 is 25.8 Å². The molecule has 0 radical (unpaired) electrons. The maximum atomic E-state index is 12.1. The van der Waals surface area contributed by atoms with Gasteiger partial charge in [-0.05, 0) is 18.6 Å². The molecule has 7 nitrogen and oxygen atoms in total. The second-order valence-corrected chi connectivity index (χ2v) is 4.94. The van der Waals surface area contributed by atoms with Gasteiger partial charge in [0.05, 0.1) is 5.69 Å². The van der Waals surface area contributed by atoms with Gasteiger partial charge in [0, 0.05) is 4.57 Å². The van der Waals surface area contributed by atoms with Crippen LogP contribution in [0.1, 0.15) is 26.2 Å². The number of rotatable bonds is 4. The number of carbonyl (C=O) groups excluding carboxylic acids is 2. The van der Waals surface area contributed by atoms with Crippen molar-refractivity contribution in [2.24, 2.45) is 5.92 Å². The van der Waals surface area contributed by atoms with Crippen molar-refractivity contribution in [2.75, 3.05) is 5.01 Å². The Morgan fingerprint density at radius 1 is 1.24 bits per heavy atom. The van der Waals surface area contributed by atoms with Crippen LogP contribution in [-0.2, 0) is 14.2 Å². The quantitative estimate of drug-likeness (QED) is 0.577. The fraction of sp³-hybridized carbons (Fsp3) is 0.385. The molecule has 1 fully saturated rings. The molecule has 0 saturated carbocycles.